The lowest BCUT2D eigenvalue weighted by atomic mass is 10.2. The van der Waals surface area contributed by atoms with E-state index in [2.05, 4.69) is 20.9 Å². The van der Waals surface area contributed by atoms with Crippen molar-refractivity contribution in [2.24, 2.45) is 0 Å². The Bertz CT molecular complexity index is 803. The average Bonchev–Trinajstić information content (AvgIpc) is 2.66. The second kappa shape index (κ2) is 9.53. The smallest absolute Gasteiger partial charge is 0.387 e. The van der Waals surface area contributed by atoms with Crippen molar-refractivity contribution in [1.29, 1.82) is 0 Å². The van der Waals surface area contributed by atoms with Crippen molar-refractivity contribution in [3.8, 4) is 17.2 Å². The Morgan fingerprint density at radius 2 is 1.70 bits per heavy atom. The summed E-state index contributed by atoms with van der Waals surface area (Å²) in [7, 11) is 2.84. The van der Waals surface area contributed by atoms with Crippen LogP contribution in [-0.2, 0) is 0 Å². The van der Waals surface area contributed by atoms with E-state index in [1.54, 1.807) is 31.4 Å². The SMILES string of the molecule is COc1ccc(NC(=S)NNC(=O)c2ccc(OC(F)F)c(OC)c2)cc1. The van der Waals surface area contributed by atoms with E-state index in [0.29, 0.717) is 11.4 Å². The molecule has 3 N–H and O–H groups in total. The minimum atomic E-state index is -3.00. The van der Waals surface area contributed by atoms with Gasteiger partial charge in [0.2, 0.25) is 0 Å². The molecule has 0 saturated carbocycles. The van der Waals surface area contributed by atoms with Gasteiger partial charge in [-0.15, -0.1) is 0 Å². The number of carbonyl (C=O) groups excluding carboxylic acids is 1. The fraction of sp³-hybridized carbons (Fsp3) is 0.176. The van der Waals surface area contributed by atoms with Crippen molar-refractivity contribution in [3.63, 3.8) is 0 Å². The van der Waals surface area contributed by atoms with E-state index in [1.807, 2.05) is 0 Å². The van der Waals surface area contributed by atoms with Gasteiger partial charge < -0.3 is 19.5 Å². The maximum absolute atomic E-state index is 12.3. The molecule has 1 amide bonds. The first kappa shape index (κ1) is 20.2. The molecule has 0 aliphatic heterocycles. The van der Waals surface area contributed by atoms with Gasteiger partial charge in [-0.3, -0.25) is 15.6 Å². The highest BCUT2D eigenvalue weighted by molar-refractivity contribution is 7.80. The molecule has 0 saturated heterocycles. The van der Waals surface area contributed by atoms with Gasteiger partial charge in [-0.2, -0.15) is 8.78 Å². The Kier molecular flexibility index (Phi) is 7.12. The number of hydrazine groups is 1. The number of alkyl halides is 2. The van der Waals surface area contributed by atoms with Crippen LogP contribution in [0, 0.1) is 0 Å². The number of ether oxygens (including phenoxy) is 3. The van der Waals surface area contributed by atoms with Crippen molar-refractivity contribution >= 4 is 28.9 Å². The van der Waals surface area contributed by atoms with Crippen LogP contribution in [0.2, 0.25) is 0 Å². The van der Waals surface area contributed by atoms with Crippen molar-refractivity contribution in [2.75, 3.05) is 19.5 Å². The Morgan fingerprint density at radius 1 is 1.00 bits per heavy atom. The van der Waals surface area contributed by atoms with Gasteiger partial charge in [0.1, 0.15) is 5.75 Å². The monoisotopic (exact) mass is 397 g/mol. The van der Waals surface area contributed by atoms with Crippen molar-refractivity contribution in [3.05, 3.63) is 48.0 Å². The summed E-state index contributed by atoms with van der Waals surface area (Å²) in [5.74, 6) is -0.0210. The highest BCUT2D eigenvalue weighted by Crippen LogP contribution is 2.29. The number of methoxy groups -OCH3 is 2. The third-order valence-corrected chi connectivity index (χ3v) is 3.48. The van der Waals surface area contributed by atoms with Crippen LogP contribution in [0.25, 0.3) is 0 Å². The number of anilines is 1. The van der Waals surface area contributed by atoms with E-state index in [0.717, 1.165) is 0 Å². The molecular formula is C17H17F2N3O4S. The van der Waals surface area contributed by atoms with Crippen LogP contribution >= 0.6 is 12.2 Å². The van der Waals surface area contributed by atoms with Gasteiger partial charge in [0.15, 0.2) is 16.6 Å². The first-order valence-corrected chi connectivity index (χ1v) is 7.98. The zero-order valence-electron chi connectivity index (χ0n) is 14.4. The normalized spacial score (nSPS) is 10.1. The second-order valence-electron chi connectivity index (χ2n) is 5.01. The summed E-state index contributed by atoms with van der Waals surface area (Å²) in [5.41, 5.74) is 5.78. The molecule has 0 spiro atoms. The lowest BCUT2D eigenvalue weighted by Gasteiger charge is -2.13. The molecule has 0 aliphatic carbocycles. The quantitative estimate of drug-likeness (QED) is 0.511. The fourth-order valence-corrected chi connectivity index (χ4v) is 2.19. The van der Waals surface area contributed by atoms with E-state index < -0.39 is 12.5 Å². The number of benzene rings is 2. The molecule has 0 heterocycles. The van der Waals surface area contributed by atoms with Gasteiger partial charge in [0.05, 0.1) is 14.2 Å². The molecule has 0 atom stereocenters. The van der Waals surface area contributed by atoms with Crippen molar-refractivity contribution in [1.82, 2.24) is 10.9 Å². The lowest BCUT2D eigenvalue weighted by molar-refractivity contribution is -0.0512. The molecule has 7 nitrogen and oxygen atoms in total. The van der Waals surface area contributed by atoms with E-state index >= 15 is 0 Å². The zero-order chi connectivity index (χ0) is 19.8. The molecule has 0 fully saturated rings. The highest BCUT2D eigenvalue weighted by Gasteiger charge is 2.14. The number of nitrogens with one attached hydrogen (secondary N) is 3. The summed E-state index contributed by atoms with van der Waals surface area (Å²) < 4.78 is 39.0. The Morgan fingerprint density at radius 3 is 2.30 bits per heavy atom. The van der Waals surface area contributed by atoms with Crippen LogP contribution in [-0.4, -0.2) is 31.9 Å². The zero-order valence-corrected chi connectivity index (χ0v) is 15.2. The van der Waals surface area contributed by atoms with Gasteiger partial charge in [-0.1, -0.05) is 0 Å². The number of thiocarbonyl (C=S) groups is 1. The van der Waals surface area contributed by atoms with Gasteiger partial charge >= 0.3 is 6.61 Å². The molecule has 0 bridgehead atoms. The number of carbonyl (C=O) groups is 1. The highest BCUT2D eigenvalue weighted by atomic mass is 32.1. The molecule has 2 rings (SSSR count). The lowest BCUT2D eigenvalue weighted by Crippen LogP contribution is -2.43. The van der Waals surface area contributed by atoms with Gasteiger partial charge in [0.25, 0.3) is 5.91 Å². The van der Waals surface area contributed by atoms with E-state index in [9.17, 15) is 13.6 Å². The van der Waals surface area contributed by atoms with Crippen LogP contribution in [0.15, 0.2) is 42.5 Å². The number of rotatable bonds is 6. The fourth-order valence-electron chi connectivity index (χ4n) is 2.02. The maximum atomic E-state index is 12.3. The molecule has 2 aromatic carbocycles. The third kappa shape index (κ3) is 5.96. The van der Waals surface area contributed by atoms with Crippen LogP contribution in [0.1, 0.15) is 10.4 Å². The first-order chi connectivity index (χ1) is 12.9. The molecule has 144 valence electrons. The van der Waals surface area contributed by atoms with Crippen LogP contribution in [0.4, 0.5) is 14.5 Å². The topological polar surface area (TPSA) is 80.9 Å². The molecule has 0 radical (unpaired) electrons. The summed E-state index contributed by atoms with van der Waals surface area (Å²) in [6.45, 7) is -3.00. The van der Waals surface area contributed by atoms with Gasteiger partial charge in [-0.25, -0.2) is 0 Å². The summed E-state index contributed by atoms with van der Waals surface area (Å²) in [5, 5.41) is 3.03. The Labute approximate surface area is 159 Å². The average molecular weight is 397 g/mol. The Hall–Kier alpha value is -3.14. The van der Waals surface area contributed by atoms with Gasteiger partial charge in [0, 0.05) is 11.3 Å². The van der Waals surface area contributed by atoms with Crippen molar-refractivity contribution < 1.29 is 27.8 Å². The van der Waals surface area contributed by atoms with Crippen LogP contribution in [0.5, 0.6) is 17.2 Å². The predicted octanol–water partition coefficient (Wildman–Crippen LogP) is 2.94. The molecular weight excluding hydrogens is 380 g/mol. The summed E-state index contributed by atoms with van der Waals surface area (Å²) in [6.07, 6.45) is 0. The van der Waals surface area contributed by atoms with Crippen molar-refractivity contribution in [2.45, 2.75) is 6.61 Å². The molecule has 27 heavy (non-hydrogen) atoms. The summed E-state index contributed by atoms with van der Waals surface area (Å²) >= 11 is 5.09. The first-order valence-electron chi connectivity index (χ1n) is 7.57. The molecule has 0 aliphatic rings. The Balaban J connectivity index is 1.93. The number of hydrogen-bond donors (Lipinski definition) is 3. The van der Waals surface area contributed by atoms with Gasteiger partial charge in [-0.05, 0) is 54.7 Å². The van der Waals surface area contributed by atoms with E-state index in [-0.39, 0.29) is 22.2 Å². The van der Waals surface area contributed by atoms with Crippen LogP contribution < -0.4 is 30.4 Å². The molecule has 0 aromatic heterocycles. The van der Waals surface area contributed by atoms with E-state index in [4.69, 9.17) is 21.7 Å². The maximum Gasteiger partial charge on any atom is 0.387 e. The summed E-state index contributed by atoms with van der Waals surface area (Å²) in [6, 6.07) is 10.8. The molecule has 2 aromatic rings. The summed E-state index contributed by atoms with van der Waals surface area (Å²) in [4.78, 5) is 12.2. The molecule has 0 unspecified atom stereocenters. The third-order valence-electron chi connectivity index (χ3n) is 3.28. The standard InChI is InChI=1S/C17H17F2N3O4S/c1-24-12-6-4-11(5-7-12)20-17(27)22-21-15(23)10-3-8-13(26-16(18)19)14(9-10)25-2/h3-9,16H,1-2H3,(H,21,23)(H2,20,22,27). The predicted molar refractivity (Wildman–Crippen MR) is 99.4 cm³/mol. The number of amides is 1. The minimum Gasteiger partial charge on any atom is -0.497 e. The van der Waals surface area contributed by atoms with E-state index in [1.165, 1.54) is 25.3 Å². The second-order valence-corrected chi connectivity index (χ2v) is 5.41. The largest absolute Gasteiger partial charge is 0.497 e. The van der Waals surface area contributed by atoms with Crippen LogP contribution in [0.3, 0.4) is 0 Å². The minimum absolute atomic E-state index is 0.00174. The number of hydrogen-bond acceptors (Lipinski definition) is 5. The molecule has 10 heteroatoms. The number of halogens is 2.